The third-order valence-corrected chi connectivity index (χ3v) is 5.35. The Labute approximate surface area is 130 Å². The maximum absolute atomic E-state index is 12.4. The van der Waals surface area contributed by atoms with Crippen molar-refractivity contribution < 1.29 is 4.79 Å². The first-order chi connectivity index (χ1) is 10.0. The van der Waals surface area contributed by atoms with Crippen molar-refractivity contribution in [2.24, 2.45) is 5.41 Å². The van der Waals surface area contributed by atoms with Gasteiger partial charge in [0.05, 0.1) is 6.04 Å². The summed E-state index contributed by atoms with van der Waals surface area (Å²) in [7, 11) is 0. The minimum atomic E-state index is 0.0758. The van der Waals surface area contributed by atoms with E-state index >= 15 is 0 Å². The van der Waals surface area contributed by atoms with E-state index in [2.05, 4.69) is 49.0 Å². The van der Waals surface area contributed by atoms with Gasteiger partial charge in [-0.3, -0.25) is 4.79 Å². The van der Waals surface area contributed by atoms with Crippen molar-refractivity contribution in [3.05, 3.63) is 45.9 Å². The molecular weight excluding hydrogens is 278 g/mol. The molecule has 2 aromatic rings. The number of carbonyl (C=O) groups excluding carboxylic acids is 1. The molecule has 2 nitrogen and oxygen atoms in total. The van der Waals surface area contributed by atoms with Gasteiger partial charge < -0.3 is 4.57 Å². The smallest absolute Gasteiger partial charge is 0.165 e. The van der Waals surface area contributed by atoms with Gasteiger partial charge in [-0.15, -0.1) is 11.3 Å². The van der Waals surface area contributed by atoms with Crippen LogP contribution >= 0.6 is 11.3 Å². The van der Waals surface area contributed by atoms with Crippen LogP contribution in [0.3, 0.4) is 0 Å². The second-order valence-electron chi connectivity index (χ2n) is 6.84. The summed E-state index contributed by atoms with van der Waals surface area (Å²) in [6.07, 6.45) is 6.06. The van der Waals surface area contributed by atoms with E-state index in [9.17, 15) is 4.79 Å². The van der Waals surface area contributed by atoms with Gasteiger partial charge >= 0.3 is 0 Å². The molecule has 2 heterocycles. The Morgan fingerprint density at radius 2 is 2.14 bits per heavy atom. The molecular formula is C18H23NOS. The Bertz CT molecular complexity index is 636. The normalized spacial score (nSPS) is 18.5. The van der Waals surface area contributed by atoms with Crippen molar-refractivity contribution in [3.63, 3.8) is 0 Å². The lowest BCUT2D eigenvalue weighted by Gasteiger charge is -2.31. The number of hydrogen-bond donors (Lipinski definition) is 0. The molecule has 0 saturated heterocycles. The summed E-state index contributed by atoms with van der Waals surface area (Å²) in [4.78, 5) is 13.8. The van der Waals surface area contributed by atoms with Gasteiger partial charge in [-0.2, -0.15) is 0 Å². The number of ketones is 1. The molecule has 0 amide bonds. The number of nitrogens with zero attached hydrogens (tertiary/aromatic N) is 1. The molecule has 0 aliphatic heterocycles. The summed E-state index contributed by atoms with van der Waals surface area (Å²) < 4.78 is 2.36. The van der Waals surface area contributed by atoms with E-state index in [-0.39, 0.29) is 5.41 Å². The maximum atomic E-state index is 12.4. The van der Waals surface area contributed by atoms with Crippen LogP contribution in [-0.4, -0.2) is 10.4 Å². The molecule has 2 aromatic heterocycles. The number of carbonyl (C=O) groups is 1. The fraction of sp³-hybridized carbons (Fsp3) is 0.500. The molecule has 1 aliphatic rings. The molecule has 0 aromatic carbocycles. The van der Waals surface area contributed by atoms with Crippen LogP contribution in [0, 0.1) is 5.41 Å². The molecule has 0 N–H and O–H groups in total. The number of aromatic nitrogens is 1. The first-order valence-electron chi connectivity index (χ1n) is 7.78. The van der Waals surface area contributed by atoms with Crippen molar-refractivity contribution >= 4 is 17.1 Å². The maximum Gasteiger partial charge on any atom is 0.165 e. The predicted molar refractivity (Wildman–Crippen MR) is 88.2 cm³/mol. The molecule has 1 atom stereocenters. The third-order valence-electron chi connectivity index (χ3n) is 4.38. The molecule has 1 unspecified atom stereocenters. The Balaban J connectivity index is 2.05. The highest BCUT2D eigenvalue weighted by Gasteiger charge is 2.34. The first-order valence-corrected chi connectivity index (χ1v) is 8.66. The van der Waals surface area contributed by atoms with Crippen LogP contribution in [0.1, 0.15) is 67.0 Å². The zero-order chi connectivity index (χ0) is 15.0. The standard InChI is InChI=1S/C18H23NOS/c1-4-6-14(17-7-5-10-21-17)19-9-8-13-15(19)11-18(2,3)12-16(13)20/h5,7-10,14H,4,6,11-12H2,1-3H3. The fourth-order valence-electron chi connectivity index (χ4n) is 3.43. The van der Waals surface area contributed by atoms with E-state index in [1.54, 1.807) is 0 Å². The molecule has 3 rings (SSSR count). The summed E-state index contributed by atoms with van der Waals surface area (Å²) in [5.74, 6) is 0.307. The molecule has 0 spiro atoms. The number of fused-ring (bicyclic) bond motifs is 1. The van der Waals surface area contributed by atoms with Crippen molar-refractivity contribution in [1.82, 2.24) is 4.57 Å². The van der Waals surface area contributed by atoms with Gasteiger partial charge in [0.15, 0.2) is 5.78 Å². The Morgan fingerprint density at radius 1 is 1.33 bits per heavy atom. The van der Waals surface area contributed by atoms with Crippen LogP contribution in [-0.2, 0) is 6.42 Å². The van der Waals surface area contributed by atoms with Crippen molar-refractivity contribution in [2.45, 2.75) is 52.5 Å². The van der Waals surface area contributed by atoms with Crippen LogP contribution in [0.4, 0.5) is 0 Å². The van der Waals surface area contributed by atoms with E-state index in [4.69, 9.17) is 0 Å². The van der Waals surface area contributed by atoms with E-state index in [1.165, 1.54) is 10.6 Å². The summed E-state index contributed by atoms with van der Waals surface area (Å²) in [5.41, 5.74) is 2.27. The fourth-order valence-corrected chi connectivity index (χ4v) is 4.29. The van der Waals surface area contributed by atoms with Crippen LogP contribution in [0.15, 0.2) is 29.8 Å². The van der Waals surface area contributed by atoms with Gasteiger partial charge in [-0.1, -0.05) is 33.3 Å². The molecule has 0 saturated carbocycles. The van der Waals surface area contributed by atoms with E-state index in [0.29, 0.717) is 18.2 Å². The Hall–Kier alpha value is -1.35. The Morgan fingerprint density at radius 3 is 2.81 bits per heavy atom. The highest BCUT2D eigenvalue weighted by molar-refractivity contribution is 7.10. The van der Waals surface area contributed by atoms with Gasteiger partial charge in [0.1, 0.15) is 0 Å². The van der Waals surface area contributed by atoms with Gasteiger partial charge in [-0.05, 0) is 35.8 Å². The molecule has 1 aliphatic carbocycles. The van der Waals surface area contributed by atoms with Crippen LogP contribution < -0.4 is 0 Å². The largest absolute Gasteiger partial charge is 0.342 e. The topological polar surface area (TPSA) is 22.0 Å². The number of hydrogen-bond acceptors (Lipinski definition) is 2. The lowest BCUT2D eigenvalue weighted by Crippen LogP contribution is -2.28. The molecule has 0 radical (unpaired) electrons. The van der Waals surface area contributed by atoms with Gasteiger partial charge in [0.25, 0.3) is 0 Å². The molecule has 0 bridgehead atoms. The van der Waals surface area contributed by atoms with E-state index in [0.717, 1.165) is 24.8 Å². The van der Waals surface area contributed by atoms with Crippen molar-refractivity contribution in [3.8, 4) is 0 Å². The minimum absolute atomic E-state index is 0.0758. The minimum Gasteiger partial charge on any atom is -0.342 e. The van der Waals surface area contributed by atoms with Crippen LogP contribution in [0.25, 0.3) is 0 Å². The molecule has 21 heavy (non-hydrogen) atoms. The van der Waals surface area contributed by atoms with Gasteiger partial charge in [0.2, 0.25) is 0 Å². The molecule has 112 valence electrons. The monoisotopic (exact) mass is 301 g/mol. The number of Topliss-reactive ketones (excluding diaryl/α,β-unsaturated/α-hetero) is 1. The summed E-state index contributed by atoms with van der Waals surface area (Å²) in [6, 6.07) is 6.74. The molecule has 0 fully saturated rings. The first kappa shape index (κ1) is 14.6. The SMILES string of the molecule is CCCC(c1cccs1)n1ccc2c1CC(C)(C)CC2=O. The second kappa shape index (κ2) is 5.45. The third kappa shape index (κ3) is 2.71. The molecule has 3 heteroatoms. The van der Waals surface area contributed by atoms with Crippen molar-refractivity contribution in [1.29, 1.82) is 0 Å². The van der Waals surface area contributed by atoms with Crippen LogP contribution in [0.5, 0.6) is 0 Å². The lowest BCUT2D eigenvalue weighted by molar-refractivity contribution is 0.0909. The van der Waals surface area contributed by atoms with Crippen LogP contribution in [0.2, 0.25) is 0 Å². The van der Waals surface area contributed by atoms with Gasteiger partial charge in [-0.25, -0.2) is 0 Å². The van der Waals surface area contributed by atoms with E-state index < -0.39 is 0 Å². The highest BCUT2D eigenvalue weighted by Crippen LogP contribution is 2.38. The predicted octanol–water partition coefficient (Wildman–Crippen LogP) is 5.09. The summed E-state index contributed by atoms with van der Waals surface area (Å²) in [6.45, 7) is 6.63. The van der Waals surface area contributed by atoms with E-state index in [1.807, 2.05) is 17.4 Å². The average molecular weight is 301 g/mol. The quantitative estimate of drug-likeness (QED) is 0.770. The summed E-state index contributed by atoms with van der Waals surface area (Å²) in [5, 5.41) is 2.14. The Kier molecular flexibility index (Phi) is 3.78. The highest BCUT2D eigenvalue weighted by atomic mass is 32.1. The zero-order valence-corrected chi connectivity index (χ0v) is 13.9. The summed E-state index contributed by atoms with van der Waals surface area (Å²) >= 11 is 1.81. The number of rotatable bonds is 4. The van der Waals surface area contributed by atoms with Gasteiger partial charge in [0, 0.05) is 28.8 Å². The second-order valence-corrected chi connectivity index (χ2v) is 7.82. The number of thiophene rings is 1. The zero-order valence-electron chi connectivity index (χ0n) is 13.1. The average Bonchev–Trinajstić information content (AvgIpc) is 3.04. The van der Waals surface area contributed by atoms with Crippen molar-refractivity contribution in [2.75, 3.05) is 0 Å². The lowest BCUT2D eigenvalue weighted by atomic mass is 9.76.